The predicted octanol–water partition coefficient (Wildman–Crippen LogP) is 3.32. The van der Waals surface area contributed by atoms with Crippen molar-refractivity contribution in [3.05, 3.63) is 40.9 Å². The SMILES string of the molecule is OCc1csc(-c2cccc(C(F)(F)F)c2)n1. The van der Waals surface area contributed by atoms with Gasteiger partial charge < -0.3 is 5.11 Å². The average molecular weight is 259 g/mol. The summed E-state index contributed by atoms with van der Waals surface area (Å²) >= 11 is 1.21. The van der Waals surface area contributed by atoms with Crippen molar-refractivity contribution in [2.24, 2.45) is 0 Å². The van der Waals surface area contributed by atoms with E-state index in [4.69, 9.17) is 5.11 Å². The lowest BCUT2D eigenvalue weighted by atomic mass is 10.1. The van der Waals surface area contributed by atoms with E-state index in [1.807, 2.05) is 0 Å². The summed E-state index contributed by atoms with van der Waals surface area (Å²) in [7, 11) is 0. The number of halogens is 3. The molecule has 0 saturated heterocycles. The second-order valence-corrected chi connectivity index (χ2v) is 4.24. The Hall–Kier alpha value is -1.40. The summed E-state index contributed by atoms with van der Waals surface area (Å²) in [6.07, 6.45) is -4.35. The Bertz CT molecular complexity index is 521. The standard InChI is InChI=1S/C11H8F3NOS/c12-11(13,14)8-3-1-2-7(4-8)10-15-9(5-16)6-17-10/h1-4,6,16H,5H2. The highest BCUT2D eigenvalue weighted by Crippen LogP contribution is 2.32. The molecule has 0 spiro atoms. The fourth-order valence-electron chi connectivity index (χ4n) is 1.34. The summed E-state index contributed by atoms with van der Waals surface area (Å²) in [6.45, 7) is -0.213. The molecule has 0 aliphatic carbocycles. The van der Waals surface area contributed by atoms with Crippen molar-refractivity contribution in [1.82, 2.24) is 4.98 Å². The van der Waals surface area contributed by atoms with E-state index < -0.39 is 11.7 Å². The molecule has 1 heterocycles. The number of aromatic nitrogens is 1. The van der Waals surface area contributed by atoms with Crippen LogP contribution in [0.5, 0.6) is 0 Å². The van der Waals surface area contributed by atoms with Crippen LogP contribution in [-0.2, 0) is 12.8 Å². The maximum atomic E-state index is 12.5. The number of rotatable bonds is 2. The maximum absolute atomic E-state index is 12.5. The van der Waals surface area contributed by atoms with Crippen molar-refractivity contribution in [2.45, 2.75) is 12.8 Å². The fraction of sp³-hybridized carbons (Fsp3) is 0.182. The van der Waals surface area contributed by atoms with Crippen molar-refractivity contribution in [3.8, 4) is 10.6 Å². The van der Waals surface area contributed by atoms with Gasteiger partial charge >= 0.3 is 6.18 Å². The number of aliphatic hydroxyl groups excluding tert-OH is 1. The number of hydrogen-bond acceptors (Lipinski definition) is 3. The minimum atomic E-state index is -4.35. The molecular weight excluding hydrogens is 251 g/mol. The first-order chi connectivity index (χ1) is 8.00. The second kappa shape index (κ2) is 4.46. The molecule has 1 aromatic carbocycles. The largest absolute Gasteiger partial charge is 0.416 e. The molecule has 2 aromatic rings. The van der Waals surface area contributed by atoms with E-state index in [2.05, 4.69) is 4.98 Å². The van der Waals surface area contributed by atoms with Crippen LogP contribution in [0, 0.1) is 0 Å². The summed E-state index contributed by atoms with van der Waals surface area (Å²) in [5.41, 5.74) is 0.169. The number of aliphatic hydroxyl groups is 1. The van der Waals surface area contributed by atoms with Crippen molar-refractivity contribution in [2.75, 3.05) is 0 Å². The van der Waals surface area contributed by atoms with Crippen LogP contribution < -0.4 is 0 Å². The highest BCUT2D eigenvalue weighted by molar-refractivity contribution is 7.13. The molecule has 1 aromatic heterocycles. The Balaban J connectivity index is 2.39. The third-order valence-electron chi connectivity index (χ3n) is 2.15. The maximum Gasteiger partial charge on any atom is 0.416 e. The molecule has 0 radical (unpaired) electrons. The third kappa shape index (κ3) is 2.65. The lowest BCUT2D eigenvalue weighted by Gasteiger charge is -2.07. The van der Waals surface area contributed by atoms with Gasteiger partial charge in [-0.1, -0.05) is 12.1 Å². The van der Waals surface area contributed by atoms with Gasteiger partial charge in [-0.05, 0) is 12.1 Å². The fourth-order valence-corrected chi connectivity index (χ4v) is 2.15. The van der Waals surface area contributed by atoms with Gasteiger partial charge in [-0.2, -0.15) is 13.2 Å². The molecule has 1 N–H and O–H groups in total. The summed E-state index contributed by atoms with van der Waals surface area (Å²) in [5, 5.41) is 10.9. The van der Waals surface area contributed by atoms with Crippen LogP contribution in [0.15, 0.2) is 29.6 Å². The van der Waals surface area contributed by atoms with E-state index in [-0.39, 0.29) is 6.61 Å². The number of hydrogen-bond donors (Lipinski definition) is 1. The molecule has 0 bridgehead atoms. The van der Waals surface area contributed by atoms with E-state index in [0.717, 1.165) is 12.1 Å². The monoisotopic (exact) mass is 259 g/mol. The van der Waals surface area contributed by atoms with E-state index >= 15 is 0 Å². The molecule has 0 atom stereocenters. The van der Waals surface area contributed by atoms with Gasteiger partial charge in [0.25, 0.3) is 0 Å². The third-order valence-corrected chi connectivity index (χ3v) is 3.09. The van der Waals surface area contributed by atoms with Crippen LogP contribution in [0.2, 0.25) is 0 Å². The predicted molar refractivity (Wildman–Crippen MR) is 58.5 cm³/mol. The molecular formula is C11H8F3NOS. The Morgan fingerprint density at radius 2 is 2.06 bits per heavy atom. The van der Waals surface area contributed by atoms with Gasteiger partial charge in [-0.15, -0.1) is 11.3 Å². The van der Waals surface area contributed by atoms with Gasteiger partial charge in [0, 0.05) is 10.9 Å². The lowest BCUT2D eigenvalue weighted by Crippen LogP contribution is -2.04. The number of thiazole rings is 1. The molecule has 17 heavy (non-hydrogen) atoms. The minimum Gasteiger partial charge on any atom is -0.390 e. The van der Waals surface area contributed by atoms with Crippen LogP contribution in [0.4, 0.5) is 13.2 Å². The van der Waals surface area contributed by atoms with Gasteiger partial charge in [0.15, 0.2) is 0 Å². The Morgan fingerprint density at radius 1 is 1.29 bits per heavy atom. The van der Waals surface area contributed by atoms with E-state index in [9.17, 15) is 13.2 Å². The minimum absolute atomic E-state index is 0.213. The van der Waals surface area contributed by atoms with E-state index in [1.54, 1.807) is 11.4 Å². The number of alkyl halides is 3. The number of nitrogens with zero attached hydrogens (tertiary/aromatic N) is 1. The molecule has 0 aliphatic rings. The van der Waals surface area contributed by atoms with Crippen molar-refractivity contribution in [1.29, 1.82) is 0 Å². The molecule has 0 unspecified atom stereocenters. The smallest absolute Gasteiger partial charge is 0.390 e. The number of benzene rings is 1. The molecule has 2 rings (SSSR count). The first-order valence-electron chi connectivity index (χ1n) is 4.73. The van der Waals surface area contributed by atoms with Gasteiger partial charge in [-0.25, -0.2) is 4.98 Å². The first kappa shape index (κ1) is 12.1. The van der Waals surface area contributed by atoms with Crippen LogP contribution >= 0.6 is 11.3 Å². The molecule has 0 aliphatic heterocycles. The lowest BCUT2D eigenvalue weighted by molar-refractivity contribution is -0.137. The highest BCUT2D eigenvalue weighted by Gasteiger charge is 2.30. The topological polar surface area (TPSA) is 33.1 Å². The van der Waals surface area contributed by atoms with E-state index in [0.29, 0.717) is 16.3 Å². The van der Waals surface area contributed by atoms with Gasteiger partial charge in [0.2, 0.25) is 0 Å². The quantitative estimate of drug-likeness (QED) is 0.897. The Labute approximate surface area is 99.4 Å². The van der Waals surface area contributed by atoms with Gasteiger partial charge in [0.05, 0.1) is 17.9 Å². The molecule has 0 fully saturated rings. The van der Waals surface area contributed by atoms with Crippen molar-refractivity contribution in [3.63, 3.8) is 0 Å². The van der Waals surface area contributed by atoms with Crippen molar-refractivity contribution >= 4 is 11.3 Å². The normalized spacial score (nSPS) is 11.8. The summed E-state index contributed by atoms with van der Waals surface area (Å²) < 4.78 is 37.5. The van der Waals surface area contributed by atoms with Crippen LogP contribution in [0.25, 0.3) is 10.6 Å². The van der Waals surface area contributed by atoms with Crippen LogP contribution in [-0.4, -0.2) is 10.1 Å². The molecule has 0 saturated carbocycles. The zero-order chi connectivity index (χ0) is 12.5. The van der Waals surface area contributed by atoms with Crippen LogP contribution in [0.3, 0.4) is 0 Å². The summed E-state index contributed by atoms with van der Waals surface area (Å²) in [5.74, 6) is 0. The molecule has 6 heteroatoms. The molecule has 90 valence electrons. The molecule has 0 amide bonds. The van der Waals surface area contributed by atoms with Crippen molar-refractivity contribution < 1.29 is 18.3 Å². The Kier molecular flexibility index (Phi) is 3.17. The average Bonchev–Trinajstić information content (AvgIpc) is 2.76. The first-order valence-corrected chi connectivity index (χ1v) is 5.61. The Morgan fingerprint density at radius 3 is 2.65 bits per heavy atom. The van der Waals surface area contributed by atoms with Crippen LogP contribution in [0.1, 0.15) is 11.3 Å². The summed E-state index contributed by atoms with van der Waals surface area (Å²) in [4.78, 5) is 4.02. The summed E-state index contributed by atoms with van der Waals surface area (Å²) in [6, 6.07) is 4.98. The van der Waals surface area contributed by atoms with Gasteiger partial charge in [0.1, 0.15) is 5.01 Å². The zero-order valence-electron chi connectivity index (χ0n) is 8.53. The highest BCUT2D eigenvalue weighted by atomic mass is 32.1. The molecule has 2 nitrogen and oxygen atoms in total. The zero-order valence-corrected chi connectivity index (χ0v) is 9.35. The second-order valence-electron chi connectivity index (χ2n) is 3.38. The van der Waals surface area contributed by atoms with Gasteiger partial charge in [-0.3, -0.25) is 0 Å². The van der Waals surface area contributed by atoms with E-state index in [1.165, 1.54) is 17.4 Å².